The van der Waals surface area contributed by atoms with Gasteiger partial charge in [0.15, 0.2) is 0 Å². The molecule has 0 saturated carbocycles. The highest BCUT2D eigenvalue weighted by atomic mass is 32.1. The second kappa shape index (κ2) is 11.5. The zero-order chi connectivity index (χ0) is 32.3. The van der Waals surface area contributed by atoms with Crippen LogP contribution in [-0.2, 0) is 0 Å². The molecule has 0 aliphatic heterocycles. The lowest BCUT2D eigenvalue weighted by atomic mass is 9.98. The van der Waals surface area contributed by atoms with Gasteiger partial charge in [0, 0.05) is 57.4 Å². The lowest BCUT2D eigenvalue weighted by Crippen LogP contribution is -2.10. The third-order valence-corrected chi connectivity index (χ3v) is 11.9. The minimum Gasteiger partial charge on any atom is -0.310 e. The van der Waals surface area contributed by atoms with Gasteiger partial charge < -0.3 is 4.90 Å². The normalized spacial score (nSPS) is 11.7. The van der Waals surface area contributed by atoms with Crippen LogP contribution in [0, 0.1) is 0 Å². The van der Waals surface area contributed by atoms with Crippen LogP contribution in [0.5, 0.6) is 0 Å². The molecular formula is C46H29NS2. The Hall–Kier alpha value is -5.74. The van der Waals surface area contributed by atoms with Crippen LogP contribution in [0.3, 0.4) is 0 Å². The SMILES string of the molecule is c1ccc(-c2ccc(N(c3cccc(-c4cccc5sc6ccccc6c45)c3)c3ccc4cc5c(cc4c3)sc3ccccc35)cc2)cc1. The number of anilines is 3. The Morgan fingerprint density at radius 3 is 1.82 bits per heavy atom. The molecule has 0 saturated heterocycles. The van der Waals surface area contributed by atoms with Crippen molar-refractivity contribution in [3.63, 3.8) is 0 Å². The Bertz CT molecular complexity index is 2830. The average molecular weight is 660 g/mol. The van der Waals surface area contributed by atoms with Crippen LogP contribution < -0.4 is 4.90 Å². The van der Waals surface area contributed by atoms with Crippen molar-refractivity contribution in [1.29, 1.82) is 0 Å². The van der Waals surface area contributed by atoms with Gasteiger partial charge in [-0.3, -0.25) is 0 Å². The van der Waals surface area contributed by atoms with E-state index in [0.717, 1.165) is 17.1 Å². The fourth-order valence-corrected chi connectivity index (χ4v) is 9.57. The summed E-state index contributed by atoms with van der Waals surface area (Å²) in [5.41, 5.74) is 8.29. The van der Waals surface area contributed by atoms with E-state index in [4.69, 9.17) is 0 Å². The molecule has 0 unspecified atom stereocenters. The predicted octanol–water partition coefficient (Wildman–Crippen LogP) is 14.4. The van der Waals surface area contributed by atoms with Crippen molar-refractivity contribution in [2.75, 3.05) is 4.90 Å². The van der Waals surface area contributed by atoms with Crippen molar-refractivity contribution in [3.05, 3.63) is 176 Å². The number of benzene rings is 8. The molecule has 0 spiro atoms. The monoisotopic (exact) mass is 659 g/mol. The molecule has 1 nitrogen and oxygen atoms in total. The largest absolute Gasteiger partial charge is 0.310 e. The molecule has 10 rings (SSSR count). The maximum absolute atomic E-state index is 2.40. The van der Waals surface area contributed by atoms with Gasteiger partial charge in [-0.25, -0.2) is 0 Å². The van der Waals surface area contributed by atoms with Gasteiger partial charge in [-0.05, 0) is 99.8 Å². The predicted molar refractivity (Wildman–Crippen MR) is 215 cm³/mol. The first-order valence-electron chi connectivity index (χ1n) is 16.6. The zero-order valence-electron chi connectivity index (χ0n) is 26.5. The molecule has 0 amide bonds. The summed E-state index contributed by atoms with van der Waals surface area (Å²) in [4.78, 5) is 2.40. The fraction of sp³-hybridized carbons (Fsp3) is 0. The number of hydrogen-bond acceptors (Lipinski definition) is 3. The summed E-state index contributed by atoms with van der Waals surface area (Å²) < 4.78 is 5.30. The molecule has 230 valence electrons. The summed E-state index contributed by atoms with van der Waals surface area (Å²) in [6.45, 7) is 0. The summed E-state index contributed by atoms with van der Waals surface area (Å²) in [6.07, 6.45) is 0. The minimum atomic E-state index is 1.12. The molecule has 49 heavy (non-hydrogen) atoms. The van der Waals surface area contributed by atoms with E-state index in [1.54, 1.807) is 0 Å². The van der Waals surface area contributed by atoms with Crippen LogP contribution in [0.25, 0.3) is 73.4 Å². The van der Waals surface area contributed by atoms with Gasteiger partial charge >= 0.3 is 0 Å². The van der Waals surface area contributed by atoms with Gasteiger partial charge in [0.25, 0.3) is 0 Å². The van der Waals surface area contributed by atoms with Crippen molar-refractivity contribution in [1.82, 2.24) is 0 Å². The highest BCUT2D eigenvalue weighted by Gasteiger charge is 2.17. The second-order valence-corrected chi connectivity index (χ2v) is 14.7. The average Bonchev–Trinajstić information content (AvgIpc) is 3.73. The molecule has 0 radical (unpaired) electrons. The van der Waals surface area contributed by atoms with Gasteiger partial charge in [0.1, 0.15) is 0 Å². The summed E-state index contributed by atoms with van der Waals surface area (Å²) in [7, 11) is 0. The molecule has 3 heteroatoms. The van der Waals surface area contributed by atoms with E-state index in [9.17, 15) is 0 Å². The number of thiophene rings is 2. The third-order valence-electron chi connectivity index (χ3n) is 9.63. The number of fused-ring (bicyclic) bond motifs is 7. The Morgan fingerprint density at radius 2 is 0.959 bits per heavy atom. The number of nitrogens with zero attached hydrogens (tertiary/aromatic N) is 1. The molecular weight excluding hydrogens is 631 g/mol. The van der Waals surface area contributed by atoms with Crippen LogP contribution in [0.2, 0.25) is 0 Å². The van der Waals surface area contributed by atoms with E-state index in [1.165, 1.54) is 73.4 Å². The van der Waals surface area contributed by atoms with Crippen molar-refractivity contribution >= 4 is 90.9 Å². The molecule has 8 aromatic carbocycles. The van der Waals surface area contributed by atoms with Crippen LogP contribution in [0.4, 0.5) is 17.1 Å². The van der Waals surface area contributed by atoms with Crippen molar-refractivity contribution < 1.29 is 0 Å². The maximum atomic E-state index is 2.40. The van der Waals surface area contributed by atoms with Gasteiger partial charge in [-0.15, -0.1) is 22.7 Å². The van der Waals surface area contributed by atoms with Crippen LogP contribution in [-0.4, -0.2) is 0 Å². The lowest BCUT2D eigenvalue weighted by molar-refractivity contribution is 1.29. The fourth-order valence-electron chi connectivity index (χ4n) is 7.30. The van der Waals surface area contributed by atoms with Crippen molar-refractivity contribution in [3.8, 4) is 22.3 Å². The molecule has 0 bridgehead atoms. The smallest absolute Gasteiger partial charge is 0.0468 e. The van der Waals surface area contributed by atoms with E-state index < -0.39 is 0 Å². The first-order valence-corrected chi connectivity index (χ1v) is 18.2. The summed E-state index contributed by atoms with van der Waals surface area (Å²) in [6, 6.07) is 64.5. The molecule has 0 aliphatic carbocycles. The quantitative estimate of drug-likeness (QED) is 0.178. The molecule has 2 heterocycles. The van der Waals surface area contributed by atoms with Gasteiger partial charge in [-0.2, -0.15) is 0 Å². The highest BCUT2D eigenvalue weighted by molar-refractivity contribution is 7.26. The van der Waals surface area contributed by atoms with Crippen LogP contribution in [0.1, 0.15) is 0 Å². The number of rotatable bonds is 5. The number of hydrogen-bond donors (Lipinski definition) is 0. The molecule has 0 atom stereocenters. The first-order chi connectivity index (χ1) is 24.3. The topological polar surface area (TPSA) is 3.24 Å². The van der Waals surface area contributed by atoms with E-state index >= 15 is 0 Å². The van der Waals surface area contributed by atoms with Crippen LogP contribution in [0.15, 0.2) is 176 Å². The molecule has 0 fully saturated rings. The summed E-state index contributed by atoms with van der Waals surface area (Å²) in [5, 5.41) is 7.81. The Morgan fingerprint density at radius 1 is 0.327 bits per heavy atom. The van der Waals surface area contributed by atoms with Gasteiger partial charge in [0.05, 0.1) is 0 Å². The van der Waals surface area contributed by atoms with Crippen molar-refractivity contribution in [2.24, 2.45) is 0 Å². The van der Waals surface area contributed by atoms with E-state index in [1.807, 2.05) is 22.7 Å². The van der Waals surface area contributed by atoms with E-state index in [-0.39, 0.29) is 0 Å². The Labute approximate surface area is 292 Å². The Balaban J connectivity index is 1.15. The van der Waals surface area contributed by atoms with Gasteiger partial charge in [-0.1, -0.05) is 109 Å². The van der Waals surface area contributed by atoms with Crippen LogP contribution >= 0.6 is 22.7 Å². The molecule has 0 N–H and O–H groups in total. The molecule has 2 aromatic heterocycles. The van der Waals surface area contributed by atoms with Crippen molar-refractivity contribution in [2.45, 2.75) is 0 Å². The summed E-state index contributed by atoms with van der Waals surface area (Å²) in [5.74, 6) is 0. The molecule has 10 aromatic rings. The van der Waals surface area contributed by atoms with Gasteiger partial charge in [0.2, 0.25) is 0 Å². The van der Waals surface area contributed by atoms with E-state index in [0.29, 0.717) is 0 Å². The van der Waals surface area contributed by atoms with E-state index in [2.05, 4.69) is 181 Å². The standard InChI is InChI=1S/C46H29NS2/c1-2-10-30(11-3-1)31-20-23-35(24-21-31)47(37-25-22-32-28-41-39-14-4-6-17-42(39)49-45(41)29-34(32)27-37)36-13-8-12-33(26-36)38-16-9-19-44-46(38)40-15-5-7-18-43(40)48-44/h1-29H. The lowest BCUT2D eigenvalue weighted by Gasteiger charge is -2.26. The molecule has 0 aliphatic rings. The maximum Gasteiger partial charge on any atom is 0.0468 e. The zero-order valence-corrected chi connectivity index (χ0v) is 28.1. The Kier molecular flexibility index (Phi) is 6.61. The second-order valence-electron chi connectivity index (χ2n) is 12.6. The highest BCUT2D eigenvalue weighted by Crippen LogP contribution is 2.44. The minimum absolute atomic E-state index is 1.12. The third kappa shape index (κ3) is 4.82. The summed E-state index contributed by atoms with van der Waals surface area (Å²) >= 11 is 3.74. The first kappa shape index (κ1) is 28.3.